The maximum Gasteiger partial charge on any atom is 0.277 e. The third kappa shape index (κ3) is 5.88. The molecule has 0 aliphatic heterocycles. The molecule has 0 saturated carbocycles. The maximum atomic E-state index is 11.9. The topological polar surface area (TPSA) is 53.9 Å². The van der Waals surface area contributed by atoms with Crippen LogP contribution < -0.4 is 15.1 Å². The van der Waals surface area contributed by atoms with Gasteiger partial charge in [-0.15, -0.1) is 0 Å². The third-order valence-corrected chi connectivity index (χ3v) is 4.41. The van der Waals surface area contributed by atoms with Crippen LogP contribution in [0.4, 0.5) is 5.69 Å². The fraction of sp³-hybridized carbons (Fsp3) is 0.300. The first-order chi connectivity index (χ1) is 12.4. The van der Waals surface area contributed by atoms with Gasteiger partial charge < -0.3 is 9.64 Å². The van der Waals surface area contributed by atoms with E-state index in [0.717, 1.165) is 15.7 Å². The number of carbonyl (C=O) groups excluding carboxylic acids is 1. The lowest BCUT2D eigenvalue weighted by molar-refractivity contribution is -0.123. The minimum atomic E-state index is -0.314. The molecule has 0 bridgehead atoms. The monoisotopic (exact) mass is 417 g/mol. The highest BCUT2D eigenvalue weighted by Crippen LogP contribution is 2.28. The molecule has 138 valence electrons. The molecule has 0 fully saturated rings. The van der Waals surface area contributed by atoms with Crippen molar-refractivity contribution >= 4 is 33.7 Å². The van der Waals surface area contributed by atoms with Crippen LogP contribution in [-0.4, -0.2) is 32.8 Å². The maximum absolute atomic E-state index is 11.9. The molecule has 0 unspecified atom stereocenters. The van der Waals surface area contributed by atoms with Crippen molar-refractivity contribution in [3.63, 3.8) is 0 Å². The van der Waals surface area contributed by atoms with Gasteiger partial charge in [0, 0.05) is 19.8 Å². The zero-order chi connectivity index (χ0) is 19.1. The fourth-order valence-corrected chi connectivity index (χ4v) is 2.72. The number of nitrogens with one attached hydrogen (secondary N) is 1. The summed E-state index contributed by atoms with van der Waals surface area (Å²) in [5.41, 5.74) is 5.69. The highest BCUT2D eigenvalue weighted by molar-refractivity contribution is 9.10. The van der Waals surface area contributed by atoms with E-state index in [0.29, 0.717) is 11.7 Å². The van der Waals surface area contributed by atoms with E-state index in [2.05, 4.69) is 40.3 Å². The average Bonchev–Trinajstić information content (AvgIpc) is 2.61. The summed E-state index contributed by atoms with van der Waals surface area (Å²) >= 11 is 3.47. The molecule has 2 aromatic carbocycles. The molecular formula is C20H24BrN3O2. The van der Waals surface area contributed by atoms with Crippen molar-refractivity contribution in [1.82, 2.24) is 5.43 Å². The first-order valence-corrected chi connectivity index (χ1v) is 9.17. The predicted molar refractivity (Wildman–Crippen MR) is 110 cm³/mol. The first-order valence-electron chi connectivity index (χ1n) is 8.38. The quantitative estimate of drug-likeness (QED) is 0.543. The highest BCUT2D eigenvalue weighted by atomic mass is 79.9. The number of halogens is 1. The number of anilines is 1. The molecule has 0 saturated heterocycles. The van der Waals surface area contributed by atoms with E-state index in [1.54, 1.807) is 6.21 Å². The Labute approximate surface area is 163 Å². The van der Waals surface area contributed by atoms with Gasteiger partial charge in [0.1, 0.15) is 5.75 Å². The van der Waals surface area contributed by atoms with Crippen LogP contribution in [0.3, 0.4) is 0 Å². The van der Waals surface area contributed by atoms with Crippen LogP contribution in [0, 0.1) is 0 Å². The smallest absolute Gasteiger partial charge is 0.277 e. The molecule has 0 heterocycles. The molecule has 1 amide bonds. The summed E-state index contributed by atoms with van der Waals surface area (Å²) in [5, 5.41) is 3.96. The van der Waals surface area contributed by atoms with Gasteiger partial charge >= 0.3 is 0 Å². The second-order valence-electron chi connectivity index (χ2n) is 6.41. The Morgan fingerprint density at radius 2 is 1.92 bits per heavy atom. The third-order valence-electron chi connectivity index (χ3n) is 3.79. The van der Waals surface area contributed by atoms with E-state index < -0.39 is 0 Å². The van der Waals surface area contributed by atoms with Crippen LogP contribution in [0.5, 0.6) is 5.75 Å². The SMILES string of the molecule is CC(C)c1ccc(OCC(=O)N/N=C/c2ccc(N(C)C)cc2)c(Br)c1. The Kier molecular flexibility index (Phi) is 7.21. The van der Waals surface area contributed by atoms with Gasteiger partial charge in [-0.25, -0.2) is 5.43 Å². The van der Waals surface area contributed by atoms with Crippen LogP contribution in [-0.2, 0) is 4.79 Å². The minimum absolute atomic E-state index is 0.101. The van der Waals surface area contributed by atoms with Gasteiger partial charge in [0.2, 0.25) is 0 Å². The van der Waals surface area contributed by atoms with E-state index in [4.69, 9.17) is 4.74 Å². The van der Waals surface area contributed by atoms with Gasteiger partial charge in [-0.3, -0.25) is 4.79 Å². The Balaban J connectivity index is 1.83. The first kappa shape index (κ1) is 20.0. The second kappa shape index (κ2) is 9.38. The number of rotatable bonds is 7. The Hall–Kier alpha value is -2.34. The van der Waals surface area contributed by atoms with E-state index >= 15 is 0 Å². The van der Waals surface area contributed by atoms with Crippen LogP contribution in [0.1, 0.15) is 30.9 Å². The lowest BCUT2D eigenvalue weighted by Crippen LogP contribution is -2.24. The van der Waals surface area contributed by atoms with Crippen LogP contribution in [0.2, 0.25) is 0 Å². The molecule has 5 nitrogen and oxygen atoms in total. The predicted octanol–water partition coefficient (Wildman–Crippen LogP) is 4.17. The Bertz CT molecular complexity index is 771. The normalized spacial score (nSPS) is 11.0. The van der Waals surface area contributed by atoms with E-state index in [1.807, 2.05) is 61.5 Å². The number of carbonyl (C=O) groups is 1. The molecule has 26 heavy (non-hydrogen) atoms. The van der Waals surface area contributed by atoms with Crippen molar-refractivity contribution in [3.05, 3.63) is 58.1 Å². The summed E-state index contributed by atoms with van der Waals surface area (Å²) < 4.78 is 6.37. The number of ether oxygens (including phenoxy) is 1. The molecule has 0 spiro atoms. The summed E-state index contributed by atoms with van der Waals surface area (Å²) in [6.07, 6.45) is 1.60. The Morgan fingerprint density at radius 1 is 1.23 bits per heavy atom. The second-order valence-corrected chi connectivity index (χ2v) is 7.27. The molecule has 1 N–H and O–H groups in total. The molecule has 6 heteroatoms. The van der Waals surface area contributed by atoms with Crippen molar-refractivity contribution in [1.29, 1.82) is 0 Å². The fourth-order valence-electron chi connectivity index (χ4n) is 2.21. The number of hydrazone groups is 1. The lowest BCUT2D eigenvalue weighted by Gasteiger charge is -2.11. The molecule has 0 atom stereocenters. The van der Waals surface area contributed by atoms with Gasteiger partial charge in [-0.05, 0) is 57.2 Å². The summed E-state index contributed by atoms with van der Waals surface area (Å²) in [6.45, 7) is 4.15. The van der Waals surface area contributed by atoms with Crippen molar-refractivity contribution in [2.45, 2.75) is 19.8 Å². The van der Waals surface area contributed by atoms with E-state index in [9.17, 15) is 4.79 Å². The summed E-state index contributed by atoms with van der Waals surface area (Å²) in [5.74, 6) is 0.753. The molecule has 0 aliphatic rings. The zero-order valence-corrected chi connectivity index (χ0v) is 17.1. The largest absolute Gasteiger partial charge is 0.483 e. The van der Waals surface area contributed by atoms with E-state index in [-0.39, 0.29) is 12.5 Å². The molecule has 2 rings (SSSR count). The van der Waals surface area contributed by atoms with E-state index in [1.165, 1.54) is 5.56 Å². The van der Waals surface area contributed by atoms with Gasteiger partial charge in [0.05, 0.1) is 10.7 Å². The van der Waals surface area contributed by atoms with Crippen LogP contribution >= 0.6 is 15.9 Å². The van der Waals surface area contributed by atoms with Crippen molar-refractivity contribution in [2.75, 3.05) is 25.6 Å². The molecular weight excluding hydrogens is 394 g/mol. The van der Waals surface area contributed by atoms with Crippen LogP contribution in [0.15, 0.2) is 52.0 Å². The molecule has 2 aromatic rings. The van der Waals surface area contributed by atoms with Crippen molar-refractivity contribution < 1.29 is 9.53 Å². The van der Waals surface area contributed by atoms with Crippen molar-refractivity contribution in [3.8, 4) is 5.75 Å². The number of nitrogens with zero attached hydrogens (tertiary/aromatic N) is 2. The Morgan fingerprint density at radius 3 is 2.50 bits per heavy atom. The molecule has 0 aromatic heterocycles. The van der Waals surface area contributed by atoms with Gasteiger partial charge in [-0.1, -0.05) is 32.0 Å². The van der Waals surface area contributed by atoms with Gasteiger partial charge in [0.15, 0.2) is 6.61 Å². The zero-order valence-electron chi connectivity index (χ0n) is 15.5. The molecule has 0 radical (unpaired) electrons. The summed E-state index contributed by atoms with van der Waals surface area (Å²) in [7, 11) is 3.97. The van der Waals surface area contributed by atoms with Gasteiger partial charge in [-0.2, -0.15) is 5.10 Å². The van der Waals surface area contributed by atoms with Crippen LogP contribution in [0.25, 0.3) is 0 Å². The lowest BCUT2D eigenvalue weighted by atomic mass is 10.0. The summed E-state index contributed by atoms with van der Waals surface area (Å²) in [4.78, 5) is 13.9. The number of amides is 1. The standard InChI is InChI=1S/C20H24BrN3O2/c1-14(2)16-7-10-19(18(21)11-16)26-13-20(25)23-22-12-15-5-8-17(9-6-15)24(3)4/h5-12,14H,13H2,1-4H3,(H,23,25)/b22-12+. The van der Waals surface area contributed by atoms with Gasteiger partial charge in [0.25, 0.3) is 5.91 Å². The number of hydrogen-bond donors (Lipinski definition) is 1. The highest BCUT2D eigenvalue weighted by Gasteiger charge is 2.07. The van der Waals surface area contributed by atoms with Crippen molar-refractivity contribution in [2.24, 2.45) is 5.10 Å². The minimum Gasteiger partial charge on any atom is -0.483 e. The average molecular weight is 418 g/mol. The number of hydrogen-bond acceptors (Lipinski definition) is 4. The molecule has 0 aliphatic carbocycles. The summed E-state index contributed by atoms with van der Waals surface area (Å²) in [6, 6.07) is 13.7. The number of benzene rings is 2.